The Morgan fingerprint density at radius 2 is 1.06 bits per heavy atom. The molecule has 0 fully saturated rings. The van der Waals surface area contributed by atoms with E-state index in [0.29, 0.717) is 12.8 Å². The van der Waals surface area contributed by atoms with E-state index in [1.165, 1.54) is 0 Å². The average molecular weight is 278 g/mol. The van der Waals surface area contributed by atoms with E-state index in [1.807, 2.05) is 0 Å². The molecule has 0 aliphatic carbocycles. The summed E-state index contributed by atoms with van der Waals surface area (Å²) in [6.45, 7) is 0. The number of carbonyl (C=O) groups is 2. The second-order valence-corrected chi connectivity index (χ2v) is 3.49. The van der Waals surface area contributed by atoms with E-state index < -0.39 is 19.8 Å². The van der Waals surface area contributed by atoms with Crippen molar-refractivity contribution >= 4 is 19.8 Å². The first kappa shape index (κ1) is 25.0. The lowest BCUT2D eigenvalue weighted by molar-refractivity contribution is -0.308. The summed E-state index contributed by atoms with van der Waals surface area (Å²) in [5.41, 5.74) is 0. The third-order valence-corrected chi connectivity index (χ3v) is 1.01. The molecule has 11 N–H and O–H groups in total. The highest BCUT2D eigenvalue weighted by Crippen LogP contribution is 2.25. The zero-order chi connectivity index (χ0) is 12.5. The van der Waals surface area contributed by atoms with Gasteiger partial charge in [-0.3, -0.25) is 0 Å². The van der Waals surface area contributed by atoms with Crippen LogP contribution in [-0.2, 0) is 14.2 Å². The molecule has 106 valence electrons. The average Bonchev–Trinajstić information content (AvgIpc) is 1.94. The van der Waals surface area contributed by atoms with Crippen molar-refractivity contribution in [2.45, 2.75) is 25.7 Å². The number of phosphoric acid groups is 1. The van der Waals surface area contributed by atoms with Crippen molar-refractivity contribution < 1.29 is 39.0 Å². The zero-order valence-corrected chi connectivity index (χ0v) is 10.6. The van der Waals surface area contributed by atoms with Crippen LogP contribution in [0.2, 0.25) is 0 Å². The van der Waals surface area contributed by atoms with E-state index in [9.17, 15) is 19.8 Å². The minimum atomic E-state index is -4.64. The first-order valence-corrected chi connectivity index (χ1v) is 5.37. The smallest absolute Gasteiger partial charge is 0.466 e. The van der Waals surface area contributed by atoms with E-state index in [2.05, 4.69) is 0 Å². The van der Waals surface area contributed by atoms with Crippen LogP contribution >= 0.6 is 7.82 Å². The van der Waals surface area contributed by atoms with Crippen molar-refractivity contribution in [2.24, 2.45) is 0 Å². The van der Waals surface area contributed by atoms with Gasteiger partial charge in [0.2, 0.25) is 0 Å². The lowest BCUT2D eigenvalue weighted by Gasteiger charge is -2.01. The molecule has 0 amide bonds. The molecule has 11 heteroatoms. The molecule has 0 aliphatic heterocycles. The van der Waals surface area contributed by atoms with Crippen LogP contribution in [0.1, 0.15) is 25.7 Å². The first-order valence-electron chi connectivity index (χ1n) is 3.81. The van der Waals surface area contributed by atoms with Gasteiger partial charge in [-0.1, -0.05) is 0 Å². The number of hydrogen-bond donors (Lipinski definition) is 5. The highest BCUT2D eigenvalue weighted by Gasteiger charge is 2.00. The van der Waals surface area contributed by atoms with Crippen LogP contribution in [0, 0.1) is 0 Å². The lowest BCUT2D eigenvalue weighted by atomic mass is 10.2. The number of rotatable bonds is 5. The Morgan fingerprint density at radius 1 is 0.882 bits per heavy atom. The van der Waals surface area contributed by atoms with Crippen molar-refractivity contribution in [2.75, 3.05) is 0 Å². The van der Waals surface area contributed by atoms with Crippen LogP contribution in [-0.4, -0.2) is 26.6 Å². The quantitative estimate of drug-likeness (QED) is 0.274. The van der Waals surface area contributed by atoms with Crippen LogP contribution in [0.5, 0.6) is 0 Å². The minimum Gasteiger partial charge on any atom is -0.550 e. The lowest BCUT2D eigenvalue weighted by Crippen LogP contribution is -2.23. The maximum Gasteiger partial charge on any atom is 0.466 e. The summed E-state index contributed by atoms with van der Waals surface area (Å²) in [7, 11) is -4.64. The van der Waals surface area contributed by atoms with Crippen molar-refractivity contribution in [3.8, 4) is 0 Å². The molecule has 0 aromatic carbocycles. The van der Waals surface area contributed by atoms with E-state index in [0.717, 1.165) is 0 Å². The number of quaternary nitrogens is 2. The topological polar surface area (TPSA) is 231 Å². The van der Waals surface area contributed by atoms with Gasteiger partial charge < -0.3 is 46.8 Å². The molecule has 0 aromatic heterocycles. The highest BCUT2D eigenvalue weighted by molar-refractivity contribution is 7.45. The fraction of sp³-hybridized carbons (Fsp3) is 0.667. The molecule has 17 heavy (non-hydrogen) atoms. The van der Waals surface area contributed by atoms with Gasteiger partial charge in [0.25, 0.3) is 0 Å². The number of unbranched alkanes of at least 4 members (excludes halogenated alkanes) is 1. The molecule has 0 spiro atoms. The SMILES string of the molecule is O=C([O-])CCCCC(=O)[O-].O=P(O)(O)O.[NH4+].[NH4+]. The standard InChI is InChI=1S/C6H10O4.2H3N.H3O4P/c7-5(8)3-1-2-4-6(9)10;;;1-5(2,3)4/h1-4H2,(H,7,8)(H,9,10);2*1H3;(H3,1,2,3,4). The summed E-state index contributed by atoms with van der Waals surface area (Å²) in [5.74, 6) is -2.28. The fourth-order valence-corrected chi connectivity index (χ4v) is 0.539. The van der Waals surface area contributed by atoms with Gasteiger partial charge >= 0.3 is 7.82 Å². The Bertz CT molecular complexity index is 228. The van der Waals surface area contributed by atoms with Crippen LogP contribution in [0.4, 0.5) is 0 Å². The van der Waals surface area contributed by atoms with E-state index in [4.69, 9.17) is 19.2 Å². The second kappa shape index (κ2) is 13.0. The molecular formula is C6H19N2O8P. The molecule has 0 unspecified atom stereocenters. The van der Waals surface area contributed by atoms with Gasteiger partial charge in [0.05, 0.1) is 0 Å². The Labute approximate surface area is 97.7 Å². The Hall–Kier alpha value is -1.03. The van der Waals surface area contributed by atoms with Gasteiger partial charge in [0, 0.05) is 11.9 Å². The maximum atomic E-state index is 9.77. The maximum absolute atomic E-state index is 9.77. The summed E-state index contributed by atoms with van der Waals surface area (Å²) in [5, 5.41) is 19.5. The molecule has 0 rings (SSSR count). The van der Waals surface area contributed by atoms with Crippen molar-refractivity contribution in [1.29, 1.82) is 0 Å². The molecule has 0 bridgehead atoms. The third-order valence-electron chi connectivity index (χ3n) is 1.01. The predicted molar refractivity (Wildman–Crippen MR) is 54.7 cm³/mol. The van der Waals surface area contributed by atoms with E-state index in [1.54, 1.807) is 0 Å². The van der Waals surface area contributed by atoms with Crippen molar-refractivity contribution in [3.05, 3.63) is 0 Å². The molecule has 0 radical (unpaired) electrons. The number of carboxylic acid groups (broad SMARTS) is 2. The second-order valence-electron chi connectivity index (χ2n) is 2.46. The Kier molecular flexibility index (Phi) is 19.2. The van der Waals surface area contributed by atoms with Crippen molar-refractivity contribution in [1.82, 2.24) is 12.3 Å². The Balaban J connectivity index is -0.000000105. The van der Waals surface area contributed by atoms with Gasteiger partial charge in [-0.2, -0.15) is 0 Å². The number of carboxylic acids is 2. The number of carbonyl (C=O) groups excluding carboxylic acids is 2. The van der Waals surface area contributed by atoms with Crippen molar-refractivity contribution in [3.63, 3.8) is 0 Å². The van der Waals surface area contributed by atoms with Crippen LogP contribution in [0.15, 0.2) is 0 Å². The summed E-state index contributed by atoms with van der Waals surface area (Å²) in [4.78, 5) is 41.1. The molecular weight excluding hydrogens is 259 g/mol. The zero-order valence-electron chi connectivity index (χ0n) is 9.66. The van der Waals surface area contributed by atoms with E-state index >= 15 is 0 Å². The monoisotopic (exact) mass is 278 g/mol. The molecule has 10 nitrogen and oxygen atoms in total. The van der Waals surface area contributed by atoms with E-state index in [-0.39, 0.29) is 25.1 Å². The summed E-state index contributed by atoms with van der Waals surface area (Å²) >= 11 is 0. The predicted octanol–water partition coefficient (Wildman–Crippen LogP) is -2.13. The highest BCUT2D eigenvalue weighted by atomic mass is 31.2. The third kappa shape index (κ3) is 70.7. The largest absolute Gasteiger partial charge is 0.550 e. The first-order chi connectivity index (χ1) is 6.63. The fourth-order valence-electron chi connectivity index (χ4n) is 0.539. The normalized spacial score (nSPS) is 8.88. The molecule has 0 saturated carbocycles. The van der Waals surface area contributed by atoms with Gasteiger partial charge in [-0.05, 0) is 25.7 Å². The van der Waals surface area contributed by atoms with Crippen LogP contribution in [0.3, 0.4) is 0 Å². The van der Waals surface area contributed by atoms with Gasteiger partial charge in [0.15, 0.2) is 0 Å². The van der Waals surface area contributed by atoms with Gasteiger partial charge in [-0.25, -0.2) is 4.57 Å². The number of hydrogen-bond acceptors (Lipinski definition) is 5. The molecule has 0 heterocycles. The summed E-state index contributed by atoms with van der Waals surface area (Å²) < 4.78 is 8.88. The Morgan fingerprint density at radius 3 is 1.18 bits per heavy atom. The number of aliphatic carboxylic acids is 2. The van der Waals surface area contributed by atoms with Gasteiger partial charge in [-0.15, -0.1) is 0 Å². The molecule has 0 aromatic rings. The van der Waals surface area contributed by atoms with Crippen LogP contribution in [0.25, 0.3) is 0 Å². The summed E-state index contributed by atoms with van der Waals surface area (Å²) in [6.07, 6.45) is 0.535. The minimum absolute atomic E-state index is 0. The molecule has 0 saturated heterocycles. The molecule has 0 atom stereocenters. The molecule has 0 aliphatic rings. The summed E-state index contributed by atoms with van der Waals surface area (Å²) in [6, 6.07) is 0. The van der Waals surface area contributed by atoms with Crippen LogP contribution < -0.4 is 22.5 Å². The van der Waals surface area contributed by atoms with Gasteiger partial charge in [0.1, 0.15) is 0 Å².